The average Bonchev–Trinajstić information content (AvgIpc) is 1.97. The molecule has 0 atom stereocenters. The lowest BCUT2D eigenvalue weighted by molar-refractivity contribution is -0.158. The van der Waals surface area contributed by atoms with Crippen molar-refractivity contribution in [1.29, 1.82) is 0 Å². The molecule has 1 N–H and O–H groups in total. The zero-order chi connectivity index (χ0) is 10.6. The van der Waals surface area contributed by atoms with Crippen LogP contribution in [0.25, 0.3) is 0 Å². The maximum atomic E-state index is 11.1. The number of ketones is 2. The monoisotopic (exact) mass is 184 g/mol. The predicted octanol–water partition coefficient (Wildman–Crippen LogP) is 0.811. The summed E-state index contributed by atoms with van der Waals surface area (Å²) in [5.41, 5.74) is -1.93. The molecule has 0 saturated heterocycles. The number of rotatable bonds is 5. The summed E-state index contributed by atoms with van der Waals surface area (Å²) in [5.74, 6) is -2.73. The van der Waals surface area contributed by atoms with Crippen molar-refractivity contribution in [2.24, 2.45) is 5.41 Å². The summed E-state index contributed by atoms with van der Waals surface area (Å²) in [5, 5.41) is 8.81. The Bertz CT molecular complexity index is 229. The van der Waals surface area contributed by atoms with Crippen molar-refractivity contribution in [1.82, 2.24) is 0 Å². The molecule has 4 nitrogen and oxygen atoms in total. The topological polar surface area (TPSA) is 71.4 Å². The Kier molecular flexibility index (Phi) is 3.54. The van der Waals surface area contributed by atoms with Crippen LogP contribution in [-0.2, 0) is 14.4 Å². The predicted molar refractivity (Wildman–Crippen MR) is 46.2 cm³/mol. The van der Waals surface area contributed by atoms with Crippen LogP contribution in [0.3, 0.4) is 0 Å². The molecule has 0 aliphatic rings. The third-order valence-electron chi connectivity index (χ3n) is 2.02. The van der Waals surface area contributed by atoms with E-state index in [1.165, 1.54) is 6.08 Å². The van der Waals surface area contributed by atoms with Gasteiger partial charge in [-0.1, -0.05) is 6.08 Å². The smallest absolute Gasteiger partial charge is 0.325 e. The summed E-state index contributed by atoms with van der Waals surface area (Å²) in [7, 11) is 0. The third kappa shape index (κ3) is 1.83. The van der Waals surface area contributed by atoms with E-state index in [2.05, 4.69) is 6.58 Å². The average molecular weight is 184 g/mol. The number of allylic oxidation sites excluding steroid dienone is 1. The van der Waals surface area contributed by atoms with Crippen LogP contribution in [0, 0.1) is 5.41 Å². The second-order valence-electron chi connectivity index (χ2n) is 2.82. The SMILES string of the molecule is C=CCC(C(C)=O)(C(C)=O)C(=O)O. The maximum Gasteiger partial charge on any atom is 0.325 e. The van der Waals surface area contributed by atoms with Gasteiger partial charge in [0.25, 0.3) is 0 Å². The van der Waals surface area contributed by atoms with Gasteiger partial charge in [-0.3, -0.25) is 14.4 Å². The zero-order valence-corrected chi connectivity index (χ0v) is 7.66. The Morgan fingerprint density at radius 3 is 1.77 bits per heavy atom. The van der Waals surface area contributed by atoms with Gasteiger partial charge in [0.05, 0.1) is 0 Å². The Labute approximate surface area is 76.2 Å². The minimum Gasteiger partial charge on any atom is -0.480 e. The number of carbonyl (C=O) groups excluding carboxylic acids is 2. The highest BCUT2D eigenvalue weighted by Gasteiger charge is 2.47. The van der Waals surface area contributed by atoms with Crippen LogP contribution < -0.4 is 0 Å². The molecule has 0 unspecified atom stereocenters. The first-order chi connectivity index (χ1) is 5.89. The largest absolute Gasteiger partial charge is 0.480 e. The number of carboxylic acid groups (broad SMARTS) is 1. The van der Waals surface area contributed by atoms with Gasteiger partial charge >= 0.3 is 5.97 Å². The van der Waals surface area contributed by atoms with Gasteiger partial charge in [0.1, 0.15) is 0 Å². The summed E-state index contributed by atoms with van der Waals surface area (Å²) in [6, 6.07) is 0. The normalized spacial score (nSPS) is 10.6. The molecule has 0 saturated carbocycles. The summed E-state index contributed by atoms with van der Waals surface area (Å²) in [6.07, 6.45) is 1.10. The second kappa shape index (κ2) is 3.98. The third-order valence-corrected chi connectivity index (χ3v) is 2.02. The number of hydrogen-bond donors (Lipinski definition) is 1. The van der Waals surface area contributed by atoms with Crippen molar-refractivity contribution in [2.75, 3.05) is 0 Å². The molecule has 4 heteroatoms. The van der Waals surface area contributed by atoms with Crippen LogP contribution in [0.2, 0.25) is 0 Å². The summed E-state index contributed by atoms with van der Waals surface area (Å²) < 4.78 is 0. The molecule has 0 aromatic heterocycles. The molecule has 0 aromatic carbocycles. The molecule has 0 heterocycles. The minimum atomic E-state index is -1.93. The minimum absolute atomic E-state index is 0.160. The van der Waals surface area contributed by atoms with Gasteiger partial charge in [-0.15, -0.1) is 6.58 Å². The van der Waals surface area contributed by atoms with E-state index in [-0.39, 0.29) is 6.42 Å². The highest BCUT2D eigenvalue weighted by Crippen LogP contribution is 2.25. The zero-order valence-electron chi connectivity index (χ0n) is 7.66. The van der Waals surface area contributed by atoms with Crippen LogP contribution in [0.5, 0.6) is 0 Å². The van der Waals surface area contributed by atoms with Crippen LogP contribution in [0.15, 0.2) is 12.7 Å². The van der Waals surface area contributed by atoms with Crippen LogP contribution in [0.4, 0.5) is 0 Å². The van der Waals surface area contributed by atoms with Crippen molar-refractivity contribution < 1.29 is 19.5 Å². The number of carbonyl (C=O) groups is 3. The summed E-state index contributed by atoms with van der Waals surface area (Å²) >= 11 is 0. The lowest BCUT2D eigenvalue weighted by Crippen LogP contribution is -2.43. The van der Waals surface area contributed by atoms with Gasteiger partial charge in [-0.05, 0) is 20.3 Å². The molecule has 0 aliphatic heterocycles. The molecule has 0 aromatic rings. The fraction of sp³-hybridized carbons (Fsp3) is 0.444. The van der Waals surface area contributed by atoms with Gasteiger partial charge in [-0.25, -0.2) is 0 Å². The summed E-state index contributed by atoms with van der Waals surface area (Å²) in [4.78, 5) is 33.0. The molecule has 0 bridgehead atoms. The van der Waals surface area contributed by atoms with Crippen molar-refractivity contribution in [3.63, 3.8) is 0 Å². The number of carboxylic acids is 1. The van der Waals surface area contributed by atoms with Crippen LogP contribution in [0.1, 0.15) is 20.3 Å². The Morgan fingerprint density at radius 2 is 1.69 bits per heavy atom. The van der Waals surface area contributed by atoms with E-state index in [0.717, 1.165) is 13.8 Å². The molecule has 0 spiro atoms. The number of hydrogen-bond acceptors (Lipinski definition) is 3. The van der Waals surface area contributed by atoms with Gasteiger partial charge < -0.3 is 5.11 Å². The van der Waals surface area contributed by atoms with Gasteiger partial charge in [0.15, 0.2) is 17.0 Å². The van der Waals surface area contributed by atoms with Crippen LogP contribution in [-0.4, -0.2) is 22.6 Å². The van der Waals surface area contributed by atoms with E-state index in [9.17, 15) is 14.4 Å². The number of aliphatic carboxylic acids is 1. The standard InChI is InChI=1S/C9H12O4/c1-4-5-9(6(2)10,7(3)11)8(12)13/h4H,1,5H2,2-3H3,(H,12,13). The molecule has 0 radical (unpaired) electrons. The fourth-order valence-corrected chi connectivity index (χ4v) is 1.14. The molecule has 0 amide bonds. The molecule has 72 valence electrons. The molecule has 0 aliphatic carbocycles. The maximum absolute atomic E-state index is 11.1. The van der Waals surface area contributed by atoms with Crippen molar-refractivity contribution >= 4 is 17.5 Å². The molecule has 0 rings (SSSR count). The molecule has 0 fully saturated rings. The van der Waals surface area contributed by atoms with E-state index in [1.807, 2.05) is 0 Å². The van der Waals surface area contributed by atoms with Gasteiger partial charge in [0, 0.05) is 0 Å². The first-order valence-corrected chi connectivity index (χ1v) is 3.76. The van der Waals surface area contributed by atoms with Crippen molar-refractivity contribution in [3.05, 3.63) is 12.7 Å². The van der Waals surface area contributed by atoms with Gasteiger partial charge in [-0.2, -0.15) is 0 Å². The lowest BCUT2D eigenvalue weighted by Gasteiger charge is -2.21. The summed E-state index contributed by atoms with van der Waals surface area (Å²) in [6.45, 7) is 5.52. The molecule has 13 heavy (non-hydrogen) atoms. The first-order valence-electron chi connectivity index (χ1n) is 3.76. The van der Waals surface area contributed by atoms with E-state index >= 15 is 0 Å². The lowest BCUT2D eigenvalue weighted by atomic mass is 9.77. The van der Waals surface area contributed by atoms with E-state index < -0.39 is 23.0 Å². The fourth-order valence-electron chi connectivity index (χ4n) is 1.14. The Balaban J connectivity index is 5.29. The highest BCUT2D eigenvalue weighted by molar-refractivity contribution is 6.20. The number of Topliss-reactive ketones (excluding diaryl/α,β-unsaturated/α-hetero) is 2. The van der Waals surface area contributed by atoms with E-state index in [0.29, 0.717) is 0 Å². The quantitative estimate of drug-likeness (QED) is 0.507. The van der Waals surface area contributed by atoms with E-state index in [4.69, 9.17) is 5.11 Å². The van der Waals surface area contributed by atoms with Crippen molar-refractivity contribution in [3.8, 4) is 0 Å². The highest BCUT2D eigenvalue weighted by atomic mass is 16.4. The second-order valence-corrected chi connectivity index (χ2v) is 2.82. The molecular weight excluding hydrogens is 172 g/mol. The Hall–Kier alpha value is -1.45. The van der Waals surface area contributed by atoms with Crippen molar-refractivity contribution in [2.45, 2.75) is 20.3 Å². The van der Waals surface area contributed by atoms with Crippen LogP contribution >= 0.6 is 0 Å². The molecular formula is C9H12O4. The van der Waals surface area contributed by atoms with Gasteiger partial charge in [0.2, 0.25) is 0 Å². The van der Waals surface area contributed by atoms with E-state index in [1.54, 1.807) is 0 Å². The Morgan fingerprint density at radius 1 is 1.31 bits per heavy atom. The first kappa shape index (κ1) is 11.6.